The summed E-state index contributed by atoms with van der Waals surface area (Å²) in [6, 6.07) is 12.4. The van der Waals surface area contributed by atoms with Crippen molar-refractivity contribution < 1.29 is 24.2 Å². The molecule has 2 N–H and O–H groups in total. The molecule has 0 radical (unpaired) electrons. The first-order chi connectivity index (χ1) is 19.5. The van der Waals surface area contributed by atoms with Crippen LogP contribution in [0.1, 0.15) is 82.5 Å². The van der Waals surface area contributed by atoms with Crippen molar-refractivity contribution in [2.75, 3.05) is 13.7 Å². The van der Waals surface area contributed by atoms with E-state index in [0.29, 0.717) is 19.6 Å². The summed E-state index contributed by atoms with van der Waals surface area (Å²) in [5.74, 6) is -0.809. The number of carboxylic acid groups (broad SMARTS) is 1. The van der Waals surface area contributed by atoms with Crippen LogP contribution in [0.25, 0.3) is 0 Å². The van der Waals surface area contributed by atoms with Crippen molar-refractivity contribution in [3.8, 4) is 5.75 Å². The van der Waals surface area contributed by atoms with Gasteiger partial charge < -0.3 is 24.8 Å². The zero-order valence-electron chi connectivity index (χ0n) is 24.8. The SMILES string of the molecule is COc1ccc(C2(C)CCC2)cc1CN[C@H]1[C@H](C(C)(C)C)[C@@H](C(=O)O)N(C(=O)[C@@H]2CCCO2)[C@H]1c1ccccc1Br. The van der Waals surface area contributed by atoms with E-state index in [-0.39, 0.29) is 23.3 Å². The Morgan fingerprint density at radius 3 is 2.46 bits per heavy atom. The number of nitrogens with one attached hydrogen (secondary N) is 1. The van der Waals surface area contributed by atoms with Gasteiger partial charge in [0, 0.05) is 35.1 Å². The van der Waals surface area contributed by atoms with Crippen LogP contribution >= 0.6 is 15.9 Å². The molecule has 1 amide bonds. The molecular formula is C33H43BrN2O5. The smallest absolute Gasteiger partial charge is 0.326 e. The van der Waals surface area contributed by atoms with Gasteiger partial charge in [-0.2, -0.15) is 0 Å². The van der Waals surface area contributed by atoms with Gasteiger partial charge in [-0.3, -0.25) is 4.79 Å². The molecule has 0 bridgehead atoms. The van der Waals surface area contributed by atoms with Crippen molar-refractivity contribution in [2.45, 2.75) is 96.0 Å². The molecule has 1 saturated carbocycles. The Bertz CT molecular complexity index is 1280. The van der Waals surface area contributed by atoms with Crippen LogP contribution in [-0.2, 0) is 26.3 Å². The lowest BCUT2D eigenvalue weighted by Crippen LogP contribution is -2.50. The van der Waals surface area contributed by atoms with Crippen molar-refractivity contribution in [3.63, 3.8) is 0 Å². The third-order valence-electron chi connectivity index (χ3n) is 9.57. The molecule has 0 spiro atoms. The fourth-order valence-corrected chi connectivity index (χ4v) is 7.74. The van der Waals surface area contributed by atoms with Crippen LogP contribution in [0.3, 0.4) is 0 Å². The summed E-state index contributed by atoms with van der Waals surface area (Å²) in [4.78, 5) is 28.8. The van der Waals surface area contributed by atoms with Crippen LogP contribution in [0, 0.1) is 11.3 Å². The first-order valence-corrected chi connectivity index (χ1v) is 15.6. The Hall–Kier alpha value is -2.42. The molecule has 5 atom stereocenters. The second-order valence-corrected chi connectivity index (χ2v) is 14.1. The van der Waals surface area contributed by atoms with E-state index in [9.17, 15) is 14.7 Å². The zero-order valence-corrected chi connectivity index (χ0v) is 26.4. The fraction of sp³-hybridized carbons (Fsp3) is 0.576. The summed E-state index contributed by atoms with van der Waals surface area (Å²) in [5.41, 5.74) is 2.99. The predicted molar refractivity (Wildman–Crippen MR) is 162 cm³/mol. The number of nitrogens with zero attached hydrogens (tertiary/aromatic N) is 1. The standard InChI is InChI=1S/C33H43BrN2O5/c1-32(2,3)26-27(35-19-20-18-21(13-14-24(20)40-5)33(4)15-9-16-33)28(22-10-6-7-11-23(22)34)36(29(26)31(38)39)30(37)25-12-8-17-41-25/h6-7,10-11,13-14,18,25-29,35H,8-9,12,15-17,19H2,1-5H3,(H,38,39)/t25-,26-,27-,28-,29-/m0/s1. The van der Waals surface area contributed by atoms with Crippen LogP contribution < -0.4 is 10.1 Å². The minimum absolute atomic E-state index is 0.179. The third kappa shape index (κ3) is 5.67. The number of halogens is 1. The van der Waals surface area contributed by atoms with E-state index in [1.54, 1.807) is 12.0 Å². The van der Waals surface area contributed by atoms with Crippen LogP contribution in [0.5, 0.6) is 5.75 Å². The van der Waals surface area contributed by atoms with Gasteiger partial charge in [-0.25, -0.2) is 4.79 Å². The predicted octanol–water partition coefficient (Wildman–Crippen LogP) is 6.24. The number of likely N-dealkylation sites (tertiary alicyclic amines) is 1. The molecule has 0 unspecified atom stereocenters. The molecule has 1 aliphatic carbocycles. The number of hydrogen-bond acceptors (Lipinski definition) is 5. The van der Waals surface area contributed by atoms with Crippen molar-refractivity contribution >= 4 is 27.8 Å². The number of hydrogen-bond donors (Lipinski definition) is 2. The van der Waals surface area contributed by atoms with E-state index >= 15 is 0 Å². The minimum Gasteiger partial charge on any atom is -0.496 e. The number of carbonyl (C=O) groups is 2. The Morgan fingerprint density at radius 1 is 1.17 bits per heavy atom. The fourth-order valence-electron chi connectivity index (χ4n) is 7.22. The van der Waals surface area contributed by atoms with Crippen LogP contribution in [0.15, 0.2) is 46.9 Å². The number of rotatable bonds is 8. The summed E-state index contributed by atoms with van der Waals surface area (Å²) in [6.45, 7) is 9.52. The molecule has 222 valence electrons. The molecule has 2 aromatic rings. The van der Waals surface area contributed by atoms with Gasteiger partial charge >= 0.3 is 5.97 Å². The number of methoxy groups -OCH3 is 1. The van der Waals surface area contributed by atoms with Gasteiger partial charge in [-0.05, 0) is 59.8 Å². The summed E-state index contributed by atoms with van der Waals surface area (Å²) >= 11 is 3.72. The van der Waals surface area contributed by atoms with Gasteiger partial charge in [0.25, 0.3) is 5.91 Å². The maximum absolute atomic E-state index is 14.1. The summed E-state index contributed by atoms with van der Waals surface area (Å²) in [5, 5.41) is 14.5. The van der Waals surface area contributed by atoms with Gasteiger partial charge in [-0.1, -0.05) is 80.4 Å². The van der Waals surface area contributed by atoms with Crippen molar-refractivity contribution in [2.24, 2.45) is 11.3 Å². The summed E-state index contributed by atoms with van der Waals surface area (Å²) in [7, 11) is 1.68. The average Bonchev–Trinajstić information content (AvgIpc) is 3.57. The second kappa shape index (κ2) is 11.7. The maximum atomic E-state index is 14.1. The lowest BCUT2D eigenvalue weighted by atomic mass is 9.66. The molecule has 2 aromatic carbocycles. The highest BCUT2D eigenvalue weighted by Gasteiger charge is 2.59. The van der Waals surface area contributed by atoms with Gasteiger partial charge in [0.15, 0.2) is 0 Å². The molecule has 0 aromatic heterocycles. The maximum Gasteiger partial charge on any atom is 0.326 e. The topological polar surface area (TPSA) is 88.1 Å². The molecule has 8 heteroatoms. The highest BCUT2D eigenvalue weighted by molar-refractivity contribution is 9.10. The first kappa shape index (κ1) is 30.1. The first-order valence-electron chi connectivity index (χ1n) is 14.8. The Morgan fingerprint density at radius 2 is 1.90 bits per heavy atom. The zero-order chi connectivity index (χ0) is 29.5. The van der Waals surface area contributed by atoms with E-state index in [2.05, 4.69) is 61.1 Å². The number of aliphatic carboxylic acids is 1. The van der Waals surface area contributed by atoms with Gasteiger partial charge in [0.2, 0.25) is 0 Å². The van der Waals surface area contributed by atoms with E-state index in [4.69, 9.17) is 9.47 Å². The van der Waals surface area contributed by atoms with Crippen molar-refractivity contribution in [3.05, 3.63) is 63.6 Å². The van der Waals surface area contributed by atoms with Gasteiger partial charge in [0.05, 0.1) is 13.2 Å². The molecular weight excluding hydrogens is 584 g/mol. The van der Waals surface area contributed by atoms with Crippen LogP contribution in [0.2, 0.25) is 0 Å². The largest absolute Gasteiger partial charge is 0.496 e. The molecule has 3 fully saturated rings. The van der Waals surface area contributed by atoms with Crippen LogP contribution in [0.4, 0.5) is 0 Å². The monoisotopic (exact) mass is 626 g/mol. The van der Waals surface area contributed by atoms with E-state index < -0.39 is 29.6 Å². The van der Waals surface area contributed by atoms with E-state index in [1.165, 1.54) is 24.8 Å². The van der Waals surface area contributed by atoms with Crippen molar-refractivity contribution in [1.29, 1.82) is 0 Å². The highest BCUT2D eigenvalue weighted by Crippen LogP contribution is 2.50. The van der Waals surface area contributed by atoms with Crippen molar-refractivity contribution in [1.82, 2.24) is 10.2 Å². The van der Waals surface area contributed by atoms with Gasteiger partial charge in [-0.15, -0.1) is 0 Å². The van der Waals surface area contributed by atoms with Gasteiger partial charge in [0.1, 0.15) is 17.9 Å². The summed E-state index contributed by atoms with van der Waals surface area (Å²) in [6.07, 6.45) is 4.36. The molecule has 2 heterocycles. The number of amides is 1. The molecule has 5 rings (SSSR count). The third-order valence-corrected chi connectivity index (χ3v) is 10.3. The Kier molecular flexibility index (Phi) is 8.57. The number of ether oxygens (including phenoxy) is 2. The minimum atomic E-state index is -1.01. The molecule has 3 aliphatic rings. The lowest BCUT2D eigenvalue weighted by molar-refractivity contribution is -0.156. The number of carboxylic acids is 1. The lowest BCUT2D eigenvalue weighted by Gasteiger charge is -2.39. The quantitative estimate of drug-likeness (QED) is 0.361. The Balaban J connectivity index is 1.59. The molecule has 7 nitrogen and oxygen atoms in total. The Labute approximate surface area is 252 Å². The molecule has 2 saturated heterocycles. The normalized spacial score (nSPS) is 27.5. The van der Waals surface area contributed by atoms with E-state index in [1.807, 2.05) is 30.3 Å². The molecule has 2 aliphatic heterocycles. The number of benzene rings is 2. The van der Waals surface area contributed by atoms with Crippen LogP contribution in [-0.4, -0.2) is 53.8 Å². The summed E-state index contributed by atoms with van der Waals surface area (Å²) < 4.78 is 12.4. The molecule has 41 heavy (non-hydrogen) atoms. The van der Waals surface area contributed by atoms with E-state index in [0.717, 1.165) is 27.8 Å². The average molecular weight is 628 g/mol. The number of carbonyl (C=O) groups excluding carboxylic acids is 1. The second-order valence-electron chi connectivity index (χ2n) is 13.2. The highest BCUT2D eigenvalue weighted by atomic mass is 79.9.